The Balaban J connectivity index is 1.57. The lowest BCUT2D eigenvalue weighted by atomic mass is 9.74. The van der Waals surface area contributed by atoms with Gasteiger partial charge in [0, 0.05) is 24.2 Å². The largest absolute Gasteiger partial charge is 0.450 e. The fraction of sp³-hybridized carbons (Fsp3) is 0.333. The van der Waals surface area contributed by atoms with E-state index in [1.54, 1.807) is 24.2 Å². The van der Waals surface area contributed by atoms with Crippen molar-refractivity contribution in [1.29, 1.82) is 0 Å². The molecular weight excluding hydrogens is 412 g/mol. The Labute approximate surface area is 186 Å². The summed E-state index contributed by atoms with van der Waals surface area (Å²) in [6, 6.07) is 9.31. The van der Waals surface area contributed by atoms with Crippen LogP contribution in [0.2, 0.25) is 5.02 Å². The first-order chi connectivity index (χ1) is 15.0. The van der Waals surface area contributed by atoms with Gasteiger partial charge in [0.2, 0.25) is 0 Å². The zero-order chi connectivity index (χ0) is 21.6. The second-order valence-corrected chi connectivity index (χ2v) is 8.90. The molecule has 7 heteroatoms. The van der Waals surface area contributed by atoms with E-state index in [0.29, 0.717) is 22.9 Å². The molecule has 2 aromatic heterocycles. The summed E-state index contributed by atoms with van der Waals surface area (Å²) in [5.74, 6) is 0.854. The fourth-order valence-corrected chi connectivity index (χ4v) is 5.15. The second kappa shape index (κ2) is 7.61. The van der Waals surface area contributed by atoms with Gasteiger partial charge in [-0.2, -0.15) is 0 Å². The Hall–Kier alpha value is -2.99. The molecule has 3 aromatic rings. The Morgan fingerprint density at radius 1 is 1.29 bits per heavy atom. The number of fused-ring (bicyclic) bond motifs is 4. The van der Waals surface area contributed by atoms with Gasteiger partial charge in [0.25, 0.3) is 5.91 Å². The number of carbonyl (C=O) groups is 1. The summed E-state index contributed by atoms with van der Waals surface area (Å²) < 4.78 is 6.22. The Kier molecular flexibility index (Phi) is 4.89. The predicted molar refractivity (Wildman–Crippen MR) is 122 cm³/mol. The first-order valence-electron chi connectivity index (χ1n) is 10.6. The quantitative estimate of drug-likeness (QED) is 0.575. The molecule has 1 aliphatic carbocycles. The standard InChI is InChI=1S/C24H25ClN4O2/c1-15-27-21-18(25)12-16-13-19(23(30)29(2)14-17-8-4-7-11-26-17)31-22(16)20(21)24(28-15)9-5-3-6-10-24/h4,7-8,11-13,27-28H,1,3,5-6,9-10,14H2,2H3. The van der Waals surface area contributed by atoms with Crippen molar-refractivity contribution in [2.75, 3.05) is 12.4 Å². The third kappa shape index (κ3) is 3.45. The van der Waals surface area contributed by atoms with Gasteiger partial charge in [-0.15, -0.1) is 0 Å². The third-order valence-corrected chi connectivity index (χ3v) is 6.59. The van der Waals surface area contributed by atoms with Crippen molar-refractivity contribution >= 4 is 34.2 Å². The number of rotatable bonds is 3. The van der Waals surface area contributed by atoms with E-state index in [1.807, 2.05) is 24.3 Å². The van der Waals surface area contributed by atoms with Gasteiger partial charge in [-0.25, -0.2) is 0 Å². The van der Waals surface area contributed by atoms with Crippen molar-refractivity contribution < 1.29 is 9.21 Å². The highest BCUT2D eigenvalue weighted by Crippen LogP contribution is 2.49. The molecule has 1 saturated carbocycles. The number of hydrogen-bond acceptors (Lipinski definition) is 5. The van der Waals surface area contributed by atoms with Gasteiger partial charge in [0.05, 0.1) is 34.3 Å². The SMILES string of the molecule is C=C1Nc2c(Cl)cc3cc(C(=O)N(C)Cc4ccccn4)oc3c2C2(CCCCC2)N1. The highest BCUT2D eigenvalue weighted by atomic mass is 35.5. The molecule has 1 amide bonds. The summed E-state index contributed by atoms with van der Waals surface area (Å²) in [5.41, 5.74) is 3.09. The molecule has 31 heavy (non-hydrogen) atoms. The molecule has 0 radical (unpaired) electrons. The molecule has 3 heterocycles. The smallest absolute Gasteiger partial charge is 0.289 e. The van der Waals surface area contributed by atoms with Crippen LogP contribution in [0.15, 0.2) is 53.3 Å². The maximum absolute atomic E-state index is 13.1. The molecule has 0 bridgehead atoms. The number of pyridine rings is 1. The van der Waals surface area contributed by atoms with Crippen molar-refractivity contribution in [2.24, 2.45) is 0 Å². The number of nitrogens with zero attached hydrogens (tertiary/aromatic N) is 2. The first kappa shape index (κ1) is 19.9. The van der Waals surface area contributed by atoms with Crippen molar-refractivity contribution in [2.45, 2.75) is 44.2 Å². The molecule has 0 unspecified atom stereocenters. The van der Waals surface area contributed by atoms with Crippen molar-refractivity contribution in [3.63, 3.8) is 0 Å². The average Bonchev–Trinajstić information content (AvgIpc) is 3.17. The van der Waals surface area contributed by atoms with Crippen molar-refractivity contribution in [3.05, 3.63) is 71.0 Å². The minimum Gasteiger partial charge on any atom is -0.450 e. The molecule has 1 fully saturated rings. The van der Waals surface area contributed by atoms with Crippen LogP contribution >= 0.6 is 11.6 Å². The lowest BCUT2D eigenvalue weighted by molar-refractivity contribution is 0.0754. The third-order valence-electron chi connectivity index (χ3n) is 6.29. The highest BCUT2D eigenvalue weighted by molar-refractivity contribution is 6.34. The maximum atomic E-state index is 13.1. The molecule has 1 spiro atoms. The number of hydrogen-bond donors (Lipinski definition) is 2. The Bertz CT molecular complexity index is 1170. The van der Waals surface area contributed by atoms with Crippen LogP contribution in [0.1, 0.15) is 53.9 Å². The van der Waals surface area contributed by atoms with Gasteiger partial charge >= 0.3 is 0 Å². The van der Waals surface area contributed by atoms with Crippen LogP contribution in [0.25, 0.3) is 11.0 Å². The van der Waals surface area contributed by atoms with Crippen LogP contribution in [-0.2, 0) is 12.1 Å². The minimum absolute atomic E-state index is 0.189. The van der Waals surface area contributed by atoms with Crippen LogP contribution in [0.3, 0.4) is 0 Å². The van der Waals surface area contributed by atoms with Gasteiger partial charge < -0.3 is 20.0 Å². The number of amides is 1. The van der Waals surface area contributed by atoms with Gasteiger partial charge in [0.1, 0.15) is 5.58 Å². The zero-order valence-corrected chi connectivity index (χ0v) is 18.3. The molecule has 5 rings (SSSR count). The number of furan rings is 1. The summed E-state index contributed by atoms with van der Waals surface area (Å²) in [6.07, 6.45) is 7.11. The molecule has 0 saturated heterocycles. The van der Waals surface area contributed by atoms with Gasteiger partial charge in [-0.05, 0) is 37.1 Å². The number of aromatic nitrogens is 1. The van der Waals surface area contributed by atoms with E-state index >= 15 is 0 Å². The minimum atomic E-state index is -0.281. The molecule has 6 nitrogen and oxygen atoms in total. The van der Waals surface area contributed by atoms with E-state index in [4.69, 9.17) is 16.0 Å². The maximum Gasteiger partial charge on any atom is 0.289 e. The van der Waals surface area contributed by atoms with E-state index in [9.17, 15) is 4.79 Å². The van der Waals surface area contributed by atoms with Crippen LogP contribution in [0, 0.1) is 0 Å². The fourth-order valence-electron chi connectivity index (χ4n) is 4.89. The van der Waals surface area contributed by atoms with Gasteiger partial charge in [-0.1, -0.05) is 43.5 Å². The second-order valence-electron chi connectivity index (χ2n) is 8.49. The summed E-state index contributed by atoms with van der Waals surface area (Å²) >= 11 is 6.67. The number of nitrogens with one attached hydrogen (secondary N) is 2. The lowest BCUT2D eigenvalue weighted by Gasteiger charge is -2.44. The van der Waals surface area contributed by atoms with E-state index < -0.39 is 0 Å². The molecule has 2 N–H and O–H groups in total. The molecule has 160 valence electrons. The van der Waals surface area contributed by atoms with E-state index in [1.165, 1.54) is 6.42 Å². The van der Waals surface area contributed by atoms with E-state index in [0.717, 1.165) is 53.8 Å². The van der Waals surface area contributed by atoms with Gasteiger partial charge in [0.15, 0.2) is 5.76 Å². The van der Waals surface area contributed by atoms with Crippen LogP contribution in [0.5, 0.6) is 0 Å². The predicted octanol–water partition coefficient (Wildman–Crippen LogP) is 5.40. The van der Waals surface area contributed by atoms with Crippen molar-refractivity contribution in [3.8, 4) is 0 Å². The van der Waals surface area contributed by atoms with Gasteiger partial charge in [-0.3, -0.25) is 9.78 Å². The van der Waals surface area contributed by atoms with E-state index in [-0.39, 0.29) is 11.4 Å². The monoisotopic (exact) mass is 436 g/mol. The van der Waals surface area contributed by atoms with E-state index in [2.05, 4.69) is 22.2 Å². The summed E-state index contributed by atoms with van der Waals surface area (Å²) in [7, 11) is 1.75. The zero-order valence-electron chi connectivity index (χ0n) is 17.5. The highest BCUT2D eigenvalue weighted by Gasteiger charge is 2.42. The van der Waals surface area contributed by atoms with Crippen LogP contribution in [-0.4, -0.2) is 22.8 Å². The number of halogens is 1. The summed E-state index contributed by atoms with van der Waals surface area (Å²) in [4.78, 5) is 19.0. The molecule has 1 aromatic carbocycles. The lowest BCUT2D eigenvalue weighted by Crippen LogP contribution is -2.48. The van der Waals surface area contributed by atoms with Crippen LogP contribution in [0.4, 0.5) is 5.69 Å². The summed E-state index contributed by atoms with van der Waals surface area (Å²) in [6.45, 7) is 4.51. The Morgan fingerprint density at radius 3 is 2.84 bits per heavy atom. The van der Waals surface area contributed by atoms with Crippen LogP contribution < -0.4 is 10.6 Å². The normalized spacial score (nSPS) is 17.2. The average molecular weight is 437 g/mol. The van der Waals surface area contributed by atoms with Crippen molar-refractivity contribution in [1.82, 2.24) is 15.2 Å². The number of anilines is 1. The first-order valence-corrected chi connectivity index (χ1v) is 11.0. The molecule has 2 aliphatic rings. The molecular formula is C24H25ClN4O2. The molecule has 1 aliphatic heterocycles. The summed E-state index contributed by atoms with van der Waals surface area (Å²) in [5, 5.41) is 8.30. The Morgan fingerprint density at radius 2 is 2.10 bits per heavy atom. The molecule has 0 atom stereocenters. The topological polar surface area (TPSA) is 70.4 Å². The number of carbonyl (C=O) groups excluding carboxylic acids is 1. The number of benzene rings is 1.